The second-order valence-electron chi connectivity index (χ2n) is 9.68. The third-order valence-corrected chi connectivity index (χ3v) is 7.66. The summed E-state index contributed by atoms with van der Waals surface area (Å²) in [5.74, 6) is 1.53. The predicted molar refractivity (Wildman–Crippen MR) is 129 cm³/mol. The fourth-order valence-corrected chi connectivity index (χ4v) is 5.65. The van der Waals surface area contributed by atoms with Crippen molar-refractivity contribution >= 4 is 5.52 Å². The third-order valence-electron chi connectivity index (χ3n) is 7.66. The number of rotatable bonds is 5. The monoisotopic (exact) mass is 422 g/mol. The van der Waals surface area contributed by atoms with Crippen LogP contribution in [0, 0.1) is 5.92 Å². The van der Waals surface area contributed by atoms with Gasteiger partial charge in [0, 0.05) is 0 Å². The largest absolute Gasteiger partial charge is 0.387 e. The number of imidazole rings is 1. The number of benzene rings is 2. The van der Waals surface area contributed by atoms with Crippen molar-refractivity contribution < 1.29 is 5.11 Å². The molecule has 4 aromatic rings. The quantitative estimate of drug-likeness (QED) is 0.380. The van der Waals surface area contributed by atoms with Crippen LogP contribution in [0.2, 0.25) is 0 Å². The van der Waals surface area contributed by atoms with E-state index in [1.54, 1.807) is 0 Å². The van der Waals surface area contributed by atoms with Gasteiger partial charge in [0.15, 0.2) is 0 Å². The van der Waals surface area contributed by atoms with E-state index in [-0.39, 0.29) is 0 Å². The van der Waals surface area contributed by atoms with Crippen molar-refractivity contribution in [1.82, 2.24) is 9.38 Å². The van der Waals surface area contributed by atoms with E-state index in [0.29, 0.717) is 17.8 Å². The predicted octanol–water partition coefficient (Wildman–Crippen LogP) is 6.89. The van der Waals surface area contributed by atoms with E-state index in [2.05, 4.69) is 76.1 Å². The minimum absolute atomic E-state index is 0.320. The van der Waals surface area contributed by atoms with E-state index in [0.717, 1.165) is 36.9 Å². The van der Waals surface area contributed by atoms with E-state index in [4.69, 9.17) is 0 Å². The number of fused-ring (bicyclic) bond motifs is 1. The molecule has 0 amide bonds. The molecule has 32 heavy (non-hydrogen) atoms. The van der Waals surface area contributed by atoms with Gasteiger partial charge in [-0.15, -0.1) is 0 Å². The number of hydrogen-bond donors (Lipinski definition) is 1. The molecule has 2 aliphatic rings. The number of nitrogens with zero attached hydrogens (tertiary/aromatic N) is 2. The van der Waals surface area contributed by atoms with Gasteiger partial charge in [0.05, 0.1) is 29.8 Å². The number of aliphatic hydroxyl groups excluding tert-OH is 1. The zero-order valence-electron chi connectivity index (χ0n) is 18.4. The first-order chi connectivity index (χ1) is 15.8. The third kappa shape index (κ3) is 3.65. The standard InChI is InChI=1S/C29H30N2O/c32-29(28-27(24-12-13-24)17-16-26-18-30-19-31(26)28)25-14-10-23(11-15-25)22-8-6-21(7-9-22)20-4-2-1-3-5-20/h1-9,16-19,23-25,29,32H,10-15H2/t23-,25-,29-/m0/s1. The Balaban J connectivity index is 1.17. The first-order valence-corrected chi connectivity index (χ1v) is 12.1. The Kier molecular flexibility index (Phi) is 5.07. The number of hydrogen-bond acceptors (Lipinski definition) is 2. The summed E-state index contributed by atoms with van der Waals surface area (Å²) in [6.45, 7) is 0. The van der Waals surface area contributed by atoms with Crippen LogP contribution in [0.4, 0.5) is 0 Å². The van der Waals surface area contributed by atoms with Crippen molar-refractivity contribution in [2.45, 2.75) is 56.5 Å². The van der Waals surface area contributed by atoms with Crippen molar-refractivity contribution in [1.29, 1.82) is 0 Å². The van der Waals surface area contributed by atoms with E-state index in [1.165, 1.54) is 35.1 Å². The average molecular weight is 423 g/mol. The average Bonchev–Trinajstić information content (AvgIpc) is 3.60. The molecular weight excluding hydrogens is 392 g/mol. The highest BCUT2D eigenvalue weighted by molar-refractivity contribution is 5.63. The van der Waals surface area contributed by atoms with Crippen molar-refractivity contribution in [3.05, 3.63) is 96.1 Å². The molecule has 2 aliphatic carbocycles. The van der Waals surface area contributed by atoms with Gasteiger partial charge in [0.1, 0.15) is 0 Å². The molecule has 0 saturated heterocycles. The maximum Gasteiger partial charge on any atom is 0.0995 e. The molecule has 0 spiro atoms. The highest BCUT2D eigenvalue weighted by Gasteiger charge is 2.34. The van der Waals surface area contributed by atoms with Crippen LogP contribution in [0.25, 0.3) is 16.6 Å². The van der Waals surface area contributed by atoms with Crippen molar-refractivity contribution in [2.75, 3.05) is 0 Å². The first kappa shape index (κ1) is 19.8. The lowest BCUT2D eigenvalue weighted by Crippen LogP contribution is -2.22. The summed E-state index contributed by atoms with van der Waals surface area (Å²) in [5, 5.41) is 11.5. The summed E-state index contributed by atoms with van der Waals surface area (Å²) in [5.41, 5.74) is 7.49. The Labute approximate surface area is 189 Å². The lowest BCUT2D eigenvalue weighted by atomic mass is 9.75. The fraction of sp³-hybridized carbons (Fsp3) is 0.345. The molecule has 162 valence electrons. The molecule has 0 radical (unpaired) electrons. The number of aromatic nitrogens is 2. The molecule has 0 aliphatic heterocycles. The highest BCUT2D eigenvalue weighted by Crippen LogP contribution is 2.47. The lowest BCUT2D eigenvalue weighted by Gasteiger charge is -2.33. The van der Waals surface area contributed by atoms with Gasteiger partial charge in [-0.1, -0.05) is 60.7 Å². The Hall–Kier alpha value is -2.91. The summed E-state index contributed by atoms with van der Waals surface area (Å²) in [6, 6.07) is 24.1. The molecule has 3 nitrogen and oxygen atoms in total. The summed E-state index contributed by atoms with van der Waals surface area (Å²) in [4.78, 5) is 4.34. The van der Waals surface area contributed by atoms with Crippen LogP contribution in [0.3, 0.4) is 0 Å². The van der Waals surface area contributed by atoms with E-state index in [1.807, 2.05) is 12.5 Å². The van der Waals surface area contributed by atoms with E-state index in [9.17, 15) is 5.11 Å². The molecule has 1 N–H and O–H groups in total. The fourth-order valence-electron chi connectivity index (χ4n) is 5.65. The van der Waals surface area contributed by atoms with Crippen LogP contribution >= 0.6 is 0 Å². The molecular formula is C29H30N2O. The van der Waals surface area contributed by atoms with E-state index >= 15 is 0 Å². The van der Waals surface area contributed by atoms with Gasteiger partial charge >= 0.3 is 0 Å². The zero-order valence-corrected chi connectivity index (χ0v) is 18.4. The van der Waals surface area contributed by atoms with Gasteiger partial charge in [-0.3, -0.25) is 0 Å². The van der Waals surface area contributed by atoms with Crippen molar-refractivity contribution in [3.8, 4) is 11.1 Å². The molecule has 6 rings (SSSR count). The maximum atomic E-state index is 11.5. The molecule has 2 aromatic heterocycles. The Morgan fingerprint density at radius 3 is 2.16 bits per heavy atom. The minimum atomic E-state index is -0.412. The van der Waals surface area contributed by atoms with Crippen LogP contribution in [-0.4, -0.2) is 14.5 Å². The molecule has 2 saturated carbocycles. The number of pyridine rings is 1. The molecule has 2 aromatic carbocycles. The zero-order chi connectivity index (χ0) is 21.5. The van der Waals surface area contributed by atoms with Crippen molar-refractivity contribution in [2.24, 2.45) is 5.92 Å². The van der Waals surface area contributed by atoms with Gasteiger partial charge < -0.3 is 9.51 Å². The van der Waals surface area contributed by atoms with Gasteiger partial charge in [-0.25, -0.2) is 4.98 Å². The van der Waals surface area contributed by atoms with Gasteiger partial charge in [-0.05, 0) is 84.6 Å². The minimum Gasteiger partial charge on any atom is -0.387 e. The molecule has 3 heteroatoms. The topological polar surface area (TPSA) is 37.5 Å². The van der Waals surface area contributed by atoms with Crippen LogP contribution < -0.4 is 0 Å². The smallest absolute Gasteiger partial charge is 0.0995 e. The van der Waals surface area contributed by atoms with Crippen LogP contribution in [-0.2, 0) is 0 Å². The van der Waals surface area contributed by atoms with Crippen LogP contribution in [0.5, 0.6) is 0 Å². The number of aliphatic hydroxyl groups is 1. The summed E-state index contributed by atoms with van der Waals surface area (Å²) in [7, 11) is 0. The molecule has 2 fully saturated rings. The van der Waals surface area contributed by atoms with Gasteiger partial charge in [0.25, 0.3) is 0 Å². The second kappa shape index (κ2) is 8.22. The summed E-state index contributed by atoms with van der Waals surface area (Å²) >= 11 is 0. The first-order valence-electron chi connectivity index (χ1n) is 12.1. The molecule has 1 atom stereocenters. The normalized spacial score (nSPS) is 22.2. The van der Waals surface area contributed by atoms with Gasteiger partial charge in [-0.2, -0.15) is 0 Å². The van der Waals surface area contributed by atoms with E-state index < -0.39 is 6.10 Å². The Morgan fingerprint density at radius 1 is 0.750 bits per heavy atom. The molecule has 2 heterocycles. The van der Waals surface area contributed by atoms with Gasteiger partial charge in [0.2, 0.25) is 0 Å². The van der Waals surface area contributed by atoms with Crippen molar-refractivity contribution in [3.63, 3.8) is 0 Å². The SMILES string of the molecule is O[C@H](c1c(C2CC2)ccc2cncn12)[C@H]1CC[C@H](c2ccc(-c3ccccc3)cc2)CC1. The maximum absolute atomic E-state index is 11.5. The second-order valence-corrected chi connectivity index (χ2v) is 9.68. The molecule has 0 bridgehead atoms. The lowest BCUT2D eigenvalue weighted by molar-refractivity contribution is 0.0754. The van der Waals surface area contributed by atoms with Crippen LogP contribution in [0.1, 0.15) is 73.3 Å². The highest BCUT2D eigenvalue weighted by atomic mass is 16.3. The summed E-state index contributed by atoms with van der Waals surface area (Å²) in [6.07, 6.45) is 10.3. The Morgan fingerprint density at radius 2 is 1.44 bits per heavy atom. The van der Waals surface area contributed by atoms with Crippen LogP contribution in [0.15, 0.2) is 79.3 Å². The molecule has 0 unspecified atom stereocenters. The summed E-state index contributed by atoms with van der Waals surface area (Å²) < 4.78 is 2.13. The Bertz CT molecular complexity index is 1200.